The molecule has 72 valence electrons. The van der Waals surface area contributed by atoms with Crippen molar-refractivity contribution in [3.8, 4) is 0 Å². The van der Waals surface area contributed by atoms with Crippen molar-refractivity contribution < 1.29 is 0 Å². The highest BCUT2D eigenvalue weighted by molar-refractivity contribution is 5.32. The van der Waals surface area contributed by atoms with Gasteiger partial charge in [0.25, 0.3) is 0 Å². The molecule has 0 fully saturated rings. The lowest BCUT2D eigenvalue weighted by Gasteiger charge is -2.25. The Kier molecular flexibility index (Phi) is 2.77. The van der Waals surface area contributed by atoms with Crippen LogP contribution in [0.25, 0.3) is 0 Å². The van der Waals surface area contributed by atoms with Gasteiger partial charge in [0.05, 0.1) is 0 Å². The molecule has 0 saturated heterocycles. The zero-order valence-electron chi connectivity index (χ0n) is 9.23. The van der Waals surface area contributed by atoms with Crippen molar-refractivity contribution in [3.05, 3.63) is 34.9 Å². The normalized spacial score (nSPS) is 11.8. The zero-order valence-corrected chi connectivity index (χ0v) is 9.23. The lowest BCUT2D eigenvalue weighted by molar-refractivity contribution is 0.444. The third-order valence-corrected chi connectivity index (χ3v) is 2.57. The van der Waals surface area contributed by atoms with Crippen LogP contribution in [0, 0.1) is 13.8 Å². The number of benzene rings is 1. The fourth-order valence-corrected chi connectivity index (χ4v) is 1.48. The van der Waals surface area contributed by atoms with Crippen molar-refractivity contribution in [3.63, 3.8) is 0 Å². The molecule has 0 radical (unpaired) electrons. The van der Waals surface area contributed by atoms with Gasteiger partial charge in [-0.1, -0.05) is 29.3 Å². The van der Waals surface area contributed by atoms with Crippen molar-refractivity contribution >= 4 is 0 Å². The summed E-state index contributed by atoms with van der Waals surface area (Å²) < 4.78 is 0. The third-order valence-electron chi connectivity index (χ3n) is 2.57. The van der Waals surface area contributed by atoms with Crippen molar-refractivity contribution in [1.82, 2.24) is 5.32 Å². The molecule has 1 aromatic carbocycles. The summed E-state index contributed by atoms with van der Waals surface area (Å²) in [4.78, 5) is 0. The monoisotopic (exact) mass is 177 g/mol. The third kappa shape index (κ3) is 2.31. The first-order valence-electron chi connectivity index (χ1n) is 4.73. The molecule has 0 atom stereocenters. The quantitative estimate of drug-likeness (QED) is 0.732. The molecule has 0 heterocycles. The molecule has 1 heteroatoms. The van der Waals surface area contributed by atoms with Gasteiger partial charge in [-0.15, -0.1) is 0 Å². The Labute approximate surface area is 81.2 Å². The zero-order chi connectivity index (χ0) is 10.1. The highest BCUT2D eigenvalue weighted by atomic mass is 14.9. The van der Waals surface area contributed by atoms with Gasteiger partial charge in [-0.05, 0) is 40.3 Å². The first kappa shape index (κ1) is 10.3. The molecule has 1 N–H and O–H groups in total. The van der Waals surface area contributed by atoms with E-state index in [2.05, 4.69) is 51.2 Å². The van der Waals surface area contributed by atoms with E-state index in [9.17, 15) is 0 Å². The predicted molar refractivity (Wildman–Crippen MR) is 58.0 cm³/mol. The number of hydrogen-bond donors (Lipinski definition) is 1. The average Bonchev–Trinajstić information content (AvgIpc) is 2.02. The Balaban J connectivity index is 3.15. The van der Waals surface area contributed by atoms with Crippen LogP contribution in [0.1, 0.15) is 30.5 Å². The lowest BCUT2D eigenvalue weighted by atomic mass is 9.92. The molecule has 0 aliphatic rings. The second kappa shape index (κ2) is 3.51. The smallest absolute Gasteiger partial charge is 0.0375 e. The summed E-state index contributed by atoms with van der Waals surface area (Å²) in [6.07, 6.45) is 0. The Hall–Kier alpha value is -0.820. The van der Waals surface area contributed by atoms with Gasteiger partial charge in [0.1, 0.15) is 0 Å². The summed E-state index contributed by atoms with van der Waals surface area (Å²) >= 11 is 0. The molecule has 0 aliphatic carbocycles. The van der Waals surface area contributed by atoms with E-state index in [4.69, 9.17) is 0 Å². The predicted octanol–water partition coefficient (Wildman–Crippen LogP) is 2.76. The highest BCUT2D eigenvalue weighted by Gasteiger charge is 2.17. The number of rotatable bonds is 2. The summed E-state index contributed by atoms with van der Waals surface area (Å²) in [7, 11) is 2.00. The van der Waals surface area contributed by atoms with Gasteiger partial charge in [0.2, 0.25) is 0 Å². The van der Waals surface area contributed by atoms with E-state index in [1.54, 1.807) is 0 Å². The van der Waals surface area contributed by atoms with Gasteiger partial charge in [-0.25, -0.2) is 0 Å². The van der Waals surface area contributed by atoms with Gasteiger partial charge in [0.15, 0.2) is 0 Å². The molecule has 0 saturated carbocycles. The van der Waals surface area contributed by atoms with E-state index in [0.717, 1.165) is 0 Å². The summed E-state index contributed by atoms with van der Waals surface area (Å²) in [6, 6.07) is 6.68. The molecule has 1 rings (SSSR count). The molecular formula is C12H19N. The van der Waals surface area contributed by atoms with E-state index in [1.807, 2.05) is 7.05 Å². The number of nitrogens with one attached hydrogen (secondary N) is 1. The Morgan fingerprint density at radius 1 is 1.00 bits per heavy atom. The molecule has 0 unspecified atom stereocenters. The molecule has 1 nitrogen and oxygen atoms in total. The summed E-state index contributed by atoms with van der Waals surface area (Å²) in [5, 5.41) is 3.31. The van der Waals surface area contributed by atoms with E-state index >= 15 is 0 Å². The number of hydrogen-bond acceptors (Lipinski definition) is 1. The molecular weight excluding hydrogens is 158 g/mol. The minimum absolute atomic E-state index is 0.0662. The Morgan fingerprint density at radius 3 is 1.85 bits per heavy atom. The van der Waals surface area contributed by atoms with Crippen LogP contribution in [-0.2, 0) is 5.54 Å². The maximum atomic E-state index is 3.31. The summed E-state index contributed by atoms with van der Waals surface area (Å²) in [5.74, 6) is 0. The van der Waals surface area contributed by atoms with Gasteiger partial charge in [0, 0.05) is 5.54 Å². The van der Waals surface area contributed by atoms with Gasteiger partial charge in [-0.3, -0.25) is 0 Å². The Morgan fingerprint density at radius 2 is 1.46 bits per heavy atom. The summed E-state index contributed by atoms with van der Waals surface area (Å²) in [5.41, 5.74) is 4.08. The van der Waals surface area contributed by atoms with E-state index in [-0.39, 0.29) is 5.54 Å². The van der Waals surface area contributed by atoms with Crippen LogP contribution in [0.5, 0.6) is 0 Å². The lowest BCUT2D eigenvalue weighted by Crippen LogP contribution is -2.33. The molecule has 1 aromatic rings. The van der Waals surface area contributed by atoms with Crippen molar-refractivity contribution in [2.75, 3.05) is 7.05 Å². The van der Waals surface area contributed by atoms with Crippen molar-refractivity contribution in [2.45, 2.75) is 33.2 Å². The van der Waals surface area contributed by atoms with Crippen molar-refractivity contribution in [2.24, 2.45) is 0 Å². The second-order valence-corrected chi connectivity index (χ2v) is 4.25. The fourth-order valence-electron chi connectivity index (χ4n) is 1.48. The van der Waals surface area contributed by atoms with Crippen molar-refractivity contribution in [1.29, 1.82) is 0 Å². The van der Waals surface area contributed by atoms with Crippen LogP contribution in [0.2, 0.25) is 0 Å². The molecule has 0 amide bonds. The van der Waals surface area contributed by atoms with Crippen LogP contribution in [0.3, 0.4) is 0 Å². The Bertz CT molecular complexity index is 280. The SMILES string of the molecule is CNC(C)(C)c1cc(C)cc(C)c1. The van der Waals surface area contributed by atoms with E-state index < -0.39 is 0 Å². The first-order chi connectivity index (χ1) is 5.95. The van der Waals surface area contributed by atoms with Gasteiger partial charge in [-0.2, -0.15) is 0 Å². The highest BCUT2D eigenvalue weighted by Crippen LogP contribution is 2.21. The minimum atomic E-state index is 0.0662. The fraction of sp³-hybridized carbons (Fsp3) is 0.500. The molecule has 0 aromatic heterocycles. The maximum absolute atomic E-state index is 3.31. The minimum Gasteiger partial charge on any atom is -0.311 e. The standard InChI is InChI=1S/C12H19N/c1-9-6-10(2)8-11(7-9)12(3,4)13-5/h6-8,13H,1-5H3. The van der Waals surface area contributed by atoms with E-state index in [1.165, 1.54) is 16.7 Å². The van der Waals surface area contributed by atoms with Crippen LogP contribution in [0.4, 0.5) is 0 Å². The number of aryl methyl sites for hydroxylation is 2. The molecule has 0 spiro atoms. The molecule has 0 bridgehead atoms. The topological polar surface area (TPSA) is 12.0 Å². The maximum Gasteiger partial charge on any atom is 0.0375 e. The molecule has 0 aliphatic heterocycles. The molecule has 13 heavy (non-hydrogen) atoms. The van der Waals surface area contributed by atoms with Gasteiger partial charge < -0.3 is 5.32 Å². The summed E-state index contributed by atoms with van der Waals surface area (Å²) in [6.45, 7) is 8.67. The first-order valence-corrected chi connectivity index (χ1v) is 4.73. The van der Waals surface area contributed by atoms with Crippen LogP contribution in [0.15, 0.2) is 18.2 Å². The average molecular weight is 177 g/mol. The largest absolute Gasteiger partial charge is 0.311 e. The second-order valence-electron chi connectivity index (χ2n) is 4.25. The van der Waals surface area contributed by atoms with Crippen LogP contribution < -0.4 is 5.32 Å². The van der Waals surface area contributed by atoms with Crippen LogP contribution >= 0.6 is 0 Å². The van der Waals surface area contributed by atoms with Gasteiger partial charge >= 0.3 is 0 Å². The van der Waals surface area contributed by atoms with Crippen LogP contribution in [-0.4, -0.2) is 7.05 Å². The van der Waals surface area contributed by atoms with E-state index in [0.29, 0.717) is 0 Å².